The van der Waals surface area contributed by atoms with Gasteiger partial charge in [0.25, 0.3) is 5.91 Å². The molecule has 0 aliphatic carbocycles. The molecule has 2 heterocycles. The third-order valence-electron chi connectivity index (χ3n) is 5.78. The van der Waals surface area contributed by atoms with E-state index in [-0.39, 0.29) is 11.9 Å². The van der Waals surface area contributed by atoms with Gasteiger partial charge in [-0.25, -0.2) is 0 Å². The average molecular weight is 420 g/mol. The fourth-order valence-corrected chi connectivity index (χ4v) is 4.12. The summed E-state index contributed by atoms with van der Waals surface area (Å²) in [5.74, 6) is 0.746. The molecule has 1 aliphatic heterocycles. The summed E-state index contributed by atoms with van der Waals surface area (Å²) >= 11 is 0. The number of aromatic nitrogens is 1. The van der Waals surface area contributed by atoms with Crippen LogP contribution in [0.2, 0.25) is 0 Å². The van der Waals surface area contributed by atoms with Gasteiger partial charge in [-0.1, -0.05) is 23.8 Å². The third kappa shape index (κ3) is 4.86. The molecule has 1 aliphatic rings. The molecular weight excluding hydrogens is 390 g/mol. The number of hydrogen-bond donors (Lipinski definition) is 1. The number of nitrogens with one attached hydrogen (secondary N) is 1. The van der Waals surface area contributed by atoms with E-state index in [2.05, 4.69) is 27.3 Å². The molecule has 1 unspecified atom stereocenters. The summed E-state index contributed by atoms with van der Waals surface area (Å²) in [6.07, 6.45) is 0. The lowest BCUT2D eigenvalue weighted by Gasteiger charge is -2.35. The minimum atomic E-state index is -0.0760. The molecule has 1 aromatic heterocycles. The highest BCUT2D eigenvalue weighted by Gasteiger charge is 2.24. The maximum absolute atomic E-state index is 13.2. The predicted molar refractivity (Wildman–Crippen MR) is 122 cm³/mol. The first-order valence-corrected chi connectivity index (χ1v) is 10.7. The number of aryl methyl sites for hydroxylation is 2. The number of methoxy groups -OCH3 is 1. The molecule has 6 heteroatoms. The van der Waals surface area contributed by atoms with E-state index in [4.69, 9.17) is 9.47 Å². The van der Waals surface area contributed by atoms with Crippen molar-refractivity contribution in [3.05, 3.63) is 70.9 Å². The quantitative estimate of drug-likeness (QED) is 0.661. The van der Waals surface area contributed by atoms with Crippen molar-refractivity contribution in [1.82, 2.24) is 15.2 Å². The molecule has 162 valence electrons. The Morgan fingerprint density at radius 2 is 1.87 bits per heavy atom. The van der Waals surface area contributed by atoms with Gasteiger partial charge in [0.1, 0.15) is 5.75 Å². The van der Waals surface area contributed by atoms with E-state index in [1.807, 2.05) is 50.2 Å². The summed E-state index contributed by atoms with van der Waals surface area (Å²) in [7, 11) is 1.66. The van der Waals surface area contributed by atoms with Crippen molar-refractivity contribution in [2.45, 2.75) is 19.9 Å². The Morgan fingerprint density at radius 3 is 2.58 bits per heavy atom. The summed E-state index contributed by atoms with van der Waals surface area (Å²) in [5, 5.41) is 4.07. The van der Waals surface area contributed by atoms with Crippen LogP contribution in [0.4, 0.5) is 0 Å². The Hall–Kier alpha value is -2.96. The number of pyridine rings is 1. The first kappa shape index (κ1) is 21.3. The zero-order valence-corrected chi connectivity index (χ0v) is 18.4. The Bertz CT molecular complexity index is 1060. The molecule has 1 fully saturated rings. The first-order valence-electron chi connectivity index (χ1n) is 10.7. The van der Waals surface area contributed by atoms with Gasteiger partial charge in [0.2, 0.25) is 0 Å². The maximum Gasteiger partial charge on any atom is 0.252 e. The lowest BCUT2D eigenvalue weighted by atomic mass is 10.0. The topological polar surface area (TPSA) is 63.7 Å². The lowest BCUT2D eigenvalue weighted by Crippen LogP contribution is -2.43. The number of rotatable bonds is 6. The van der Waals surface area contributed by atoms with E-state index in [1.165, 1.54) is 0 Å². The molecule has 1 saturated heterocycles. The van der Waals surface area contributed by atoms with Crippen LogP contribution in [-0.2, 0) is 4.74 Å². The molecule has 1 amide bonds. The summed E-state index contributed by atoms with van der Waals surface area (Å²) in [4.78, 5) is 20.2. The monoisotopic (exact) mass is 419 g/mol. The number of carbonyl (C=O) groups is 1. The number of amides is 1. The molecule has 3 aromatic rings. The van der Waals surface area contributed by atoms with Gasteiger partial charge in [0.05, 0.1) is 37.4 Å². The Balaban J connectivity index is 1.58. The zero-order chi connectivity index (χ0) is 21.8. The Labute approximate surface area is 183 Å². The van der Waals surface area contributed by atoms with Gasteiger partial charge in [0.15, 0.2) is 0 Å². The van der Waals surface area contributed by atoms with E-state index in [9.17, 15) is 4.79 Å². The van der Waals surface area contributed by atoms with Crippen LogP contribution in [0.15, 0.2) is 48.5 Å². The molecule has 0 spiro atoms. The highest BCUT2D eigenvalue weighted by molar-refractivity contribution is 6.06. The molecule has 0 radical (unpaired) electrons. The van der Waals surface area contributed by atoms with E-state index in [1.54, 1.807) is 7.11 Å². The smallest absolute Gasteiger partial charge is 0.252 e. The largest absolute Gasteiger partial charge is 0.497 e. The minimum absolute atomic E-state index is 0.0645. The van der Waals surface area contributed by atoms with Crippen molar-refractivity contribution in [1.29, 1.82) is 0 Å². The summed E-state index contributed by atoms with van der Waals surface area (Å²) in [6.45, 7) is 7.54. The number of ether oxygens (including phenoxy) is 2. The van der Waals surface area contributed by atoms with Crippen LogP contribution < -0.4 is 10.1 Å². The predicted octanol–water partition coefficient (Wildman–Crippen LogP) is 3.66. The maximum atomic E-state index is 13.2. The van der Waals surface area contributed by atoms with Crippen LogP contribution in [0.1, 0.15) is 33.2 Å². The number of benzene rings is 2. The van der Waals surface area contributed by atoms with Crippen LogP contribution in [0, 0.1) is 13.8 Å². The number of fused-ring (bicyclic) bond motifs is 1. The fourth-order valence-electron chi connectivity index (χ4n) is 4.12. The van der Waals surface area contributed by atoms with Gasteiger partial charge in [-0.3, -0.25) is 14.7 Å². The first-order chi connectivity index (χ1) is 15.0. The molecule has 31 heavy (non-hydrogen) atoms. The molecule has 1 N–H and O–H groups in total. The van der Waals surface area contributed by atoms with Gasteiger partial charge in [-0.05, 0) is 49.7 Å². The summed E-state index contributed by atoms with van der Waals surface area (Å²) in [6, 6.07) is 16.0. The molecule has 1 atom stereocenters. The summed E-state index contributed by atoms with van der Waals surface area (Å²) < 4.78 is 10.8. The minimum Gasteiger partial charge on any atom is -0.497 e. The Kier molecular flexibility index (Phi) is 6.49. The van der Waals surface area contributed by atoms with Crippen molar-refractivity contribution in [3.8, 4) is 5.75 Å². The third-order valence-corrected chi connectivity index (χ3v) is 5.78. The van der Waals surface area contributed by atoms with Crippen LogP contribution in [0.3, 0.4) is 0 Å². The van der Waals surface area contributed by atoms with E-state index in [0.29, 0.717) is 25.3 Å². The molecule has 2 aromatic carbocycles. The molecular formula is C25H29N3O3. The van der Waals surface area contributed by atoms with Crippen molar-refractivity contribution in [3.63, 3.8) is 0 Å². The number of nitrogens with zero attached hydrogens (tertiary/aromatic N) is 2. The zero-order valence-electron chi connectivity index (χ0n) is 18.4. The van der Waals surface area contributed by atoms with Gasteiger partial charge in [-0.2, -0.15) is 0 Å². The van der Waals surface area contributed by atoms with E-state index >= 15 is 0 Å². The highest BCUT2D eigenvalue weighted by atomic mass is 16.5. The number of morpholine rings is 1. The van der Waals surface area contributed by atoms with Crippen molar-refractivity contribution in [2.75, 3.05) is 40.0 Å². The van der Waals surface area contributed by atoms with Gasteiger partial charge < -0.3 is 14.8 Å². The van der Waals surface area contributed by atoms with Crippen LogP contribution >= 0.6 is 0 Å². The molecule has 0 saturated carbocycles. The second-order valence-electron chi connectivity index (χ2n) is 7.98. The van der Waals surface area contributed by atoms with E-state index in [0.717, 1.165) is 46.6 Å². The van der Waals surface area contributed by atoms with Gasteiger partial charge >= 0.3 is 0 Å². The molecule has 6 nitrogen and oxygen atoms in total. The van der Waals surface area contributed by atoms with Gasteiger partial charge in [-0.15, -0.1) is 0 Å². The van der Waals surface area contributed by atoms with Gasteiger partial charge in [0, 0.05) is 30.7 Å². The Morgan fingerprint density at radius 1 is 1.13 bits per heavy atom. The second-order valence-corrected chi connectivity index (χ2v) is 7.98. The molecule has 4 rings (SSSR count). The normalized spacial score (nSPS) is 15.6. The SMILES string of the molecule is COc1ccc(C(CNC(=O)c2cc(C)nc3ccc(C)cc23)N2CCOCC2)cc1. The summed E-state index contributed by atoms with van der Waals surface area (Å²) in [5.41, 5.74) is 4.60. The second kappa shape index (κ2) is 9.45. The molecule has 0 bridgehead atoms. The number of carbonyl (C=O) groups excluding carboxylic acids is 1. The van der Waals surface area contributed by atoms with Crippen LogP contribution in [0.25, 0.3) is 10.9 Å². The number of hydrogen-bond acceptors (Lipinski definition) is 5. The van der Waals surface area contributed by atoms with Crippen LogP contribution in [-0.4, -0.2) is 55.7 Å². The standard InChI is InChI=1S/C25H29N3O3/c1-17-4-9-23-21(14-17)22(15-18(2)27-23)25(29)26-16-24(28-10-12-31-13-11-28)19-5-7-20(30-3)8-6-19/h4-9,14-15,24H,10-13,16H2,1-3H3,(H,26,29). The lowest BCUT2D eigenvalue weighted by molar-refractivity contribution is 0.0162. The van der Waals surface area contributed by atoms with Crippen molar-refractivity contribution < 1.29 is 14.3 Å². The van der Waals surface area contributed by atoms with Crippen LogP contribution in [0.5, 0.6) is 5.75 Å². The van der Waals surface area contributed by atoms with Crippen molar-refractivity contribution in [2.24, 2.45) is 0 Å². The van der Waals surface area contributed by atoms with E-state index < -0.39 is 0 Å². The van der Waals surface area contributed by atoms with Crippen molar-refractivity contribution >= 4 is 16.8 Å². The average Bonchev–Trinajstić information content (AvgIpc) is 2.80. The fraction of sp³-hybridized carbons (Fsp3) is 0.360. The highest BCUT2D eigenvalue weighted by Crippen LogP contribution is 2.25.